The Morgan fingerprint density at radius 2 is 1.95 bits per heavy atom. The topological polar surface area (TPSA) is 47.9 Å². The second-order valence-corrected chi connectivity index (χ2v) is 5.53. The van der Waals surface area contributed by atoms with Crippen LogP contribution in [0.2, 0.25) is 0 Å². The Labute approximate surface area is 131 Å². The molecule has 5 heteroatoms. The Bertz CT molecular complexity index is 657. The number of para-hydroxylation sites is 1. The summed E-state index contributed by atoms with van der Waals surface area (Å²) in [5.41, 5.74) is 1.43. The Morgan fingerprint density at radius 3 is 2.76 bits per heavy atom. The number of hydrogen-bond acceptors (Lipinski definition) is 4. The Balaban J connectivity index is 2.02. The Morgan fingerprint density at radius 1 is 1.19 bits per heavy atom. The van der Waals surface area contributed by atoms with Crippen molar-refractivity contribution >= 4 is 15.9 Å². The van der Waals surface area contributed by atoms with Gasteiger partial charge in [0.15, 0.2) is 11.5 Å². The highest BCUT2D eigenvalue weighted by molar-refractivity contribution is 9.10. The summed E-state index contributed by atoms with van der Waals surface area (Å²) in [4.78, 5) is 0. The lowest BCUT2D eigenvalue weighted by Crippen LogP contribution is -2.16. The summed E-state index contributed by atoms with van der Waals surface area (Å²) < 4.78 is 17.2. The average Bonchev–Trinajstić information content (AvgIpc) is 2.54. The molecule has 1 unspecified atom stereocenters. The van der Waals surface area contributed by atoms with Gasteiger partial charge in [0.25, 0.3) is 0 Å². The largest absolute Gasteiger partial charge is 0.496 e. The van der Waals surface area contributed by atoms with Crippen LogP contribution in [-0.2, 0) is 0 Å². The molecule has 0 amide bonds. The Hall–Kier alpha value is -1.72. The van der Waals surface area contributed by atoms with Crippen LogP contribution in [0.15, 0.2) is 40.9 Å². The zero-order valence-corrected chi connectivity index (χ0v) is 13.1. The quantitative estimate of drug-likeness (QED) is 0.922. The molecule has 0 radical (unpaired) electrons. The van der Waals surface area contributed by atoms with Gasteiger partial charge in [-0.2, -0.15) is 0 Å². The normalized spacial score (nSPS) is 14.6. The molecular weight excluding hydrogens is 336 g/mol. The molecule has 0 saturated heterocycles. The van der Waals surface area contributed by atoms with E-state index in [1.165, 1.54) is 0 Å². The summed E-state index contributed by atoms with van der Waals surface area (Å²) >= 11 is 3.46. The molecule has 1 N–H and O–H groups in total. The van der Waals surface area contributed by atoms with E-state index in [1.807, 2.05) is 30.3 Å². The van der Waals surface area contributed by atoms with Crippen molar-refractivity contribution in [2.24, 2.45) is 0 Å². The van der Waals surface area contributed by atoms with E-state index in [0.717, 1.165) is 10.0 Å². The summed E-state index contributed by atoms with van der Waals surface area (Å²) in [6, 6.07) is 11.0. The zero-order chi connectivity index (χ0) is 14.8. The van der Waals surface area contributed by atoms with Crippen molar-refractivity contribution in [3.05, 3.63) is 52.0 Å². The summed E-state index contributed by atoms with van der Waals surface area (Å²) in [7, 11) is 1.59. The van der Waals surface area contributed by atoms with Crippen LogP contribution in [-0.4, -0.2) is 25.4 Å². The fourth-order valence-electron chi connectivity index (χ4n) is 2.36. The van der Waals surface area contributed by atoms with Gasteiger partial charge in [-0.05, 0) is 39.7 Å². The van der Waals surface area contributed by atoms with Crippen molar-refractivity contribution in [2.75, 3.05) is 20.3 Å². The van der Waals surface area contributed by atoms with Crippen LogP contribution in [0.1, 0.15) is 17.2 Å². The molecule has 110 valence electrons. The molecule has 1 atom stereocenters. The van der Waals surface area contributed by atoms with Gasteiger partial charge < -0.3 is 19.3 Å². The lowest BCUT2D eigenvalue weighted by atomic mass is 10.00. The molecule has 0 aromatic heterocycles. The number of aliphatic hydroxyl groups is 1. The highest BCUT2D eigenvalue weighted by Gasteiger charge is 2.21. The number of aliphatic hydroxyl groups excluding tert-OH is 1. The molecule has 0 saturated carbocycles. The number of hydrogen-bond donors (Lipinski definition) is 1. The van der Waals surface area contributed by atoms with E-state index in [1.54, 1.807) is 13.2 Å². The molecule has 2 aromatic rings. The molecule has 3 rings (SSSR count). The molecule has 1 heterocycles. The van der Waals surface area contributed by atoms with Gasteiger partial charge in [-0.15, -0.1) is 0 Å². The SMILES string of the molecule is COc1ccccc1C(O)c1cc(Br)c2c(c1)OCCO2. The predicted molar refractivity (Wildman–Crippen MR) is 82.2 cm³/mol. The van der Waals surface area contributed by atoms with Gasteiger partial charge in [0.2, 0.25) is 0 Å². The first-order valence-corrected chi connectivity index (χ1v) is 7.40. The molecule has 1 aliphatic rings. The van der Waals surface area contributed by atoms with E-state index in [4.69, 9.17) is 14.2 Å². The maximum atomic E-state index is 10.6. The van der Waals surface area contributed by atoms with Crippen LogP contribution in [0.25, 0.3) is 0 Å². The van der Waals surface area contributed by atoms with Gasteiger partial charge in [0.05, 0.1) is 11.6 Å². The molecule has 0 spiro atoms. The van der Waals surface area contributed by atoms with Gasteiger partial charge in [-0.25, -0.2) is 0 Å². The second-order valence-electron chi connectivity index (χ2n) is 4.67. The number of benzene rings is 2. The monoisotopic (exact) mass is 350 g/mol. The third-order valence-electron chi connectivity index (χ3n) is 3.37. The highest BCUT2D eigenvalue weighted by atomic mass is 79.9. The van der Waals surface area contributed by atoms with E-state index < -0.39 is 6.10 Å². The van der Waals surface area contributed by atoms with Crippen molar-refractivity contribution in [3.63, 3.8) is 0 Å². The summed E-state index contributed by atoms with van der Waals surface area (Å²) in [6.07, 6.45) is -0.798. The van der Waals surface area contributed by atoms with Crippen molar-refractivity contribution in [1.29, 1.82) is 0 Å². The number of fused-ring (bicyclic) bond motifs is 1. The van der Waals surface area contributed by atoms with Gasteiger partial charge in [0.1, 0.15) is 25.1 Å². The third kappa shape index (κ3) is 2.71. The van der Waals surface area contributed by atoms with Crippen LogP contribution < -0.4 is 14.2 Å². The Kier molecular flexibility index (Phi) is 4.03. The smallest absolute Gasteiger partial charge is 0.175 e. The number of methoxy groups -OCH3 is 1. The zero-order valence-electron chi connectivity index (χ0n) is 11.5. The fraction of sp³-hybridized carbons (Fsp3) is 0.250. The number of halogens is 1. The minimum atomic E-state index is -0.798. The summed E-state index contributed by atoms with van der Waals surface area (Å²) in [6.45, 7) is 1.04. The first-order chi connectivity index (χ1) is 10.2. The van der Waals surface area contributed by atoms with Gasteiger partial charge in [0, 0.05) is 5.56 Å². The van der Waals surface area contributed by atoms with Crippen LogP contribution in [0, 0.1) is 0 Å². The number of rotatable bonds is 3. The lowest BCUT2D eigenvalue weighted by molar-refractivity contribution is 0.168. The van der Waals surface area contributed by atoms with Crippen molar-refractivity contribution in [3.8, 4) is 17.2 Å². The summed E-state index contributed by atoms with van der Waals surface area (Å²) in [5.74, 6) is 1.97. The van der Waals surface area contributed by atoms with Crippen molar-refractivity contribution in [2.45, 2.75) is 6.10 Å². The minimum absolute atomic E-state index is 0.508. The van der Waals surface area contributed by atoms with Gasteiger partial charge in [-0.3, -0.25) is 0 Å². The van der Waals surface area contributed by atoms with E-state index >= 15 is 0 Å². The predicted octanol–water partition coefficient (Wildman–Crippen LogP) is 3.31. The standard InChI is InChI=1S/C16H15BrO4/c1-19-13-5-3-2-4-11(13)15(18)10-8-12(17)16-14(9-10)20-6-7-21-16/h2-5,8-9,15,18H,6-7H2,1H3. The molecule has 1 aliphatic heterocycles. The minimum Gasteiger partial charge on any atom is -0.496 e. The molecule has 0 aliphatic carbocycles. The molecule has 4 nitrogen and oxygen atoms in total. The van der Waals surface area contributed by atoms with Crippen LogP contribution in [0.3, 0.4) is 0 Å². The van der Waals surface area contributed by atoms with Crippen molar-refractivity contribution in [1.82, 2.24) is 0 Å². The fourth-order valence-corrected chi connectivity index (χ4v) is 2.93. The lowest BCUT2D eigenvalue weighted by Gasteiger charge is -2.22. The third-order valence-corrected chi connectivity index (χ3v) is 3.96. The molecule has 0 bridgehead atoms. The summed E-state index contributed by atoms with van der Waals surface area (Å²) in [5, 5.41) is 10.6. The molecular formula is C16H15BrO4. The van der Waals surface area contributed by atoms with E-state index in [9.17, 15) is 5.11 Å². The van der Waals surface area contributed by atoms with E-state index in [2.05, 4.69) is 15.9 Å². The maximum absolute atomic E-state index is 10.6. The van der Waals surface area contributed by atoms with Crippen molar-refractivity contribution < 1.29 is 19.3 Å². The van der Waals surface area contributed by atoms with Crippen LogP contribution in [0.5, 0.6) is 17.2 Å². The molecule has 0 fully saturated rings. The first kappa shape index (κ1) is 14.2. The maximum Gasteiger partial charge on any atom is 0.175 e. The average molecular weight is 351 g/mol. The van der Waals surface area contributed by atoms with Gasteiger partial charge >= 0.3 is 0 Å². The van der Waals surface area contributed by atoms with Gasteiger partial charge in [-0.1, -0.05) is 18.2 Å². The van der Waals surface area contributed by atoms with Crippen LogP contribution >= 0.6 is 15.9 Å². The first-order valence-electron chi connectivity index (χ1n) is 6.60. The molecule has 2 aromatic carbocycles. The highest BCUT2D eigenvalue weighted by Crippen LogP contribution is 2.41. The van der Waals surface area contributed by atoms with Crippen LogP contribution in [0.4, 0.5) is 0 Å². The second kappa shape index (κ2) is 5.95. The molecule has 21 heavy (non-hydrogen) atoms. The van der Waals surface area contributed by atoms with E-state index in [0.29, 0.717) is 36.0 Å². The van der Waals surface area contributed by atoms with E-state index in [-0.39, 0.29) is 0 Å². The number of ether oxygens (including phenoxy) is 3.